The van der Waals surface area contributed by atoms with Crippen molar-refractivity contribution in [3.05, 3.63) is 12.7 Å². The van der Waals surface area contributed by atoms with Gasteiger partial charge in [-0.1, -0.05) is 6.08 Å². The Kier molecular flexibility index (Phi) is 3.64. The molecule has 0 aromatic carbocycles. The molecular weight excluding hydrogens is 136 g/mol. The van der Waals surface area contributed by atoms with E-state index in [4.69, 9.17) is 4.74 Å². The lowest BCUT2D eigenvalue weighted by Gasteiger charge is -2.07. The van der Waals surface area contributed by atoms with Crippen LogP contribution in [-0.4, -0.2) is 13.7 Å². The normalized spacial score (nSPS) is 30.6. The predicted octanol–water partition coefficient (Wildman–Crippen LogP) is 2.63. The lowest BCUT2D eigenvalue weighted by Crippen LogP contribution is -1.99. The average molecular weight is 154 g/mol. The summed E-state index contributed by atoms with van der Waals surface area (Å²) in [4.78, 5) is 0. The van der Waals surface area contributed by atoms with Crippen LogP contribution in [-0.2, 0) is 4.74 Å². The van der Waals surface area contributed by atoms with Gasteiger partial charge in [0.1, 0.15) is 0 Å². The highest BCUT2D eigenvalue weighted by Crippen LogP contribution is 2.33. The highest BCUT2D eigenvalue weighted by atomic mass is 16.5. The first-order valence-corrected chi connectivity index (χ1v) is 4.48. The molecule has 1 unspecified atom stereocenters. The smallest absolute Gasteiger partial charge is 0.0464 e. The maximum absolute atomic E-state index is 5.05. The molecule has 1 fully saturated rings. The van der Waals surface area contributed by atoms with E-state index >= 15 is 0 Å². The van der Waals surface area contributed by atoms with Crippen molar-refractivity contribution >= 4 is 0 Å². The summed E-state index contributed by atoms with van der Waals surface area (Å²) < 4.78 is 5.05. The van der Waals surface area contributed by atoms with Crippen molar-refractivity contribution < 1.29 is 4.74 Å². The van der Waals surface area contributed by atoms with Crippen molar-refractivity contribution in [2.75, 3.05) is 13.7 Å². The molecule has 1 saturated carbocycles. The van der Waals surface area contributed by atoms with E-state index in [0.717, 1.165) is 18.4 Å². The molecule has 1 rings (SSSR count). The van der Waals surface area contributed by atoms with Gasteiger partial charge in [0, 0.05) is 13.7 Å². The van der Waals surface area contributed by atoms with Crippen LogP contribution in [0.2, 0.25) is 0 Å². The van der Waals surface area contributed by atoms with E-state index in [1.165, 1.54) is 25.7 Å². The standard InChI is InChI=1S/C10H18O/c1-3-9-4-5-10(8-9)6-7-11-2/h3,9-10H,1,4-8H2,2H3/t9-,10?/m0/s1. The van der Waals surface area contributed by atoms with Crippen LogP contribution in [0.25, 0.3) is 0 Å². The first-order valence-electron chi connectivity index (χ1n) is 4.48. The molecule has 0 bridgehead atoms. The van der Waals surface area contributed by atoms with E-state index in [-0.39, 0.29) is 0 Å². The van der Waals surface area contributed by atoms with Gasteiger partial charge in [0.05, 0.1) is 0 Å². The Labute approximate surface area is 69.4 Å². The minimum atomic E-state index is 0.789. The molecular formula is C10H18O. The Morgan fingerprint density at radius 3 is 2.91 bits per heavy atom. The van der Waals surface area contributed by atoms with Crippen LogP contribution in [0.15, 0.2) is 12.7 Å². The molecule has 2 atom stereocenters. The quantitative estimate of drug-likeness (QED) is 0.566. The van der Waals surface area contributed by atoms with Gasteiger partial charge in [-0.3, -0.25) is 0 Å². The van der Waals surface area contributed by atoms with Gasteiger partial charge in [0.15, 0.2) is 0 Å². The topological polar surface area (TPSA) is 9.23 Å². The first kappa shape index (κ1) is 8.79. The van der Waals surface area contributed by atoms with Gasteiger partial charge >= 0.3 is 0 Å². The van der Waals surface area contributed by atoms with Crippen molar-refractivity contribution in [1.29, 1.82) is 0 Å². The molecule has 1 aliphatic rings. The molecule has 0 spiro atoms. The second kappa shape index (κ2) is 4.55. The van der Waals surface area contributed by atoms with Gasteiger partial charge in [0.25, 0.3) is 0 Å². The van der Waals surface area contributed by atoms with Crippen LogP contribution in [0, 0.1) is 11.8 Å². The largest absolute Gasteiger partial charge is 0.385 e. The van der Waals surface area contributed by atoms with E-state index in [2.05, 4.69) is 12.7 Å². The van der Waals surface area contributed by atoms with E-state index in [1.54, 1.807) is 7.11 Å². The van der Waals surface area contributed by atoms with Gasteiger partial charge in [-0.15, -0.1) is 6.58 Å². The molecule has 0 radical (unpaired) electrons. The number of hydrogen-bond donors (Lipinski definition) is 0. The van der Waals surface area contributed by atoms with E-state index in [9.17, 15) is 0 Å². The van der Waals surface area contributed by atoms with Gasteiger partial charge in [-0.2, -0.15) is 0 Å². The summed E-state index contributed by atoms with van der Waals surface area (Å²) in [6.07, 6.45) is 7.40. The molecule has 0 amide bonds. The zero-order chi connectivity index (χ0) is 8.10. The van der Waals surface area contributed by atoms with Crippen LogP contribution in [0.1, 0.15) is 25.7 Å². The Morgan fingerprint density at radius 2 is 2.36 bits per heavy atom. The van der Waals surface area contributed by atoms with Crippen molar-refractivity contribution in [1.82, 2.24) is 0 Å². The summed E-state index contributed by atoms with van der Waals surface area (Å²) in [7, 11) is 1.78. The van der Waals surface area contributed by atoms with Crippen molar-refractivity contribution in [3.8, 4) is 0 Å². The zero-order valence-corrected chi connectivity index (χ0v) is 7.38. The fourth-order valence-electron chi connectivity index (χ4n) is 1.87. The Bertz CT molecular complexity index is 120. The molecule has 0 aromatic heterocycles. The highest BCUT2D eigenvalue weighted by molar-refractivity contribution is 4.86. The molecule has 0 aliphatic heterocycles. The Balaban J connectivity index is 2.14. The van der Waals surface area contributed by atoms with Gasteiger partial charge in [-0.05, 0) is 37.5 Å². The SMILES string of the molecule is C=C[C@H]1CCC(CCOC)C1. The van der Waals surface area contributed by atoms with Crippen LogP contribution in [0.4, 0.5) is 0 Å². The summed E-state index contributed by atoms with van der Waals surface area (Å²) in [6, 6.07) is 0. The number of allylic oxidation sites excluding steroid dienone is 1. The van der Waals surface area contributed by atoms with Crippen molar-refractivity contribution in [2.45, 2.75) is 25.7 Å². The van der Waals surface area contributed by atoms with E-state index < -0.39 is 0 Å². The molecule has 11 heavy (non-hydrogen) atoms. The molecule has 0 heterocycles. The first-order chi connectivity index (χ1) is 5.36. The molecule has 1 aliphatic carbocycles. The summed E-state index contributed by atoms with van der Waals surface area (Å²) in [6.45, 7) is 4.75. The molecule has 64 valence electrons. The molecule has 0 N–H and O–H groups in total. The van der Waals surface area contributed by atoms with Crippen LogP contribution >= 0.6 is 0 Å². The minimum absolute atomic E-state index is 0.789. The summed E-state index contributed by atoms with van der Waals surface area (Å²) in [5, 5.41) is 0. The molecule has 0 saturated heterocycles. The number of hydrogen-bond acceptors (Lipinski definition) is 1. The summed E-state index contributed by atoms with van der Waals surface area (Å²) in [5.41, 5.74) is 0. The lowest BCUT2D eigenvalue weighted by atomic mass is 10.0. The van der Waals surface area contributed by atoms with Gasteiger partial charge in [-0.25, -0.2) is 0 Å². The Morgan fingerprint density at radius 1 is 1.55 bits per heavy atom. The second-order valence-corrected chi connectivity index (χ2v) is 3.46. The van der Waals surface area contributed by atoms with Gasteiger partial charge < -0.3 is 4.74 Å². The third-order valence-corrected chi connectivity index (χ3v) is 2.65. The minimum Gasteiger partial charge on any atom is -0.385 e. The monoisotopic (exact) mass is 154 g/mol. The fraction of sp³-hybridized carbons (Fsp3) is 0.800. The fourth-order valence-corrected chi connectivity index (χ4v) is 1.87. The maximum Gasteiger partial charge on any atom is 0.0464 e. The van der Waals surface area contributed by atoms with E-state index in [1.807, 2.05) is 0 Å². The highest BCUT2D eigenvalue weighted by Gasteiger charge is 2.21. The molecule has 0 aromatic rings. The number of rotatable bonds is 4. The van der Waals surface area contributed by atoms with Crippen molar-refractivity contribution in [2.24, 2.45) is 11.8 Å². The Hall–Kier alpha value is -0.300. The van der Waals surface area contributed by atoms with Crippen LogP contribution in [0.3, 0.4) is 0 Å². The van der Waals surface area contributed by atoms with Crippen molar-refractivity contribution in [3.63, 3.8) is 0 Å². The van der Waals surface area contributed by atoms with Crippen LogP contribution < -0.4 is 0 Å². The van der Waals surface area contributed by atoms with E-state index in [0.29, 0.717) is 0 Å². The third kappa shape index (κ3) is 2.66. The zero-order valence-electron chi connectivity index (χ0n) is 7.38. The van der Waals surface area contributed by atoms with Crippen LogP contribution in [0.5, 0.6) is 0 Å². The second-order valence-electron chi connectivity index (χ2n) is 3.46. The third-order valence-electron chi connectivity index (χ3n) is 2.65. The van der Waals surface area contributed by atoms with Gasteiger partial charge in [0.2, 0.25) is 0 Å². The lowest BCUT2D eigenvalue weighted by molar-refractivity contribution is 0.177. The number of methoxy groups -OCH3 is 1. The predicted molar refractivity (Wildman–Crippen MR) is 47.5 cm³/mol. The number of ether oxygens (including phenoxy) is 1. The summed E-state index contributed by atoms with van der Waals surface area (Å²) in [5.74, 6) is 1.69. The average Bonchev–Trinajstić information content (AvgIpc) is 2.48. The molecule has 1 heteroatoms. The molecule has 1 nitrogen and oxygen atoms in total. The maximum atomic E-state index is 5.05. The summed E-state index contributed by atoms with van der Waals surface area (Å²) >= 11 is 0.